The van der Waals surface area contributed by atoms with Crippen LogP contribution in [0, 0.1) is 5.92 Å². The van der Waals surface area contributed by atoms with Gasteiger partial charge >= 0.3 is 5.97 Å². The fourth-order valence-corrected chi connectivity index (χ4v) is 3.65. The van der Waals surface area contributed by atoms with Gasteiger partial charge in [0.1, 0.15) is 5.82 Å². The maximum Gasteiger partial charge on any atom is 0.358 e. The molecule has 1 saturated heterocycles. The number of ether oxygens (including phenoxy) is 1. The van der Waals surface area contributed by atoms with Crippen molar-refractivity contribution in [1.29, 1.82) is 0 Å². The number of nitrogens with zero attached hydrogens (tertiary/aromatic N) is 3. The van der Waals surface area contributed by atoms with Crippen LogP contribution in [0.2, 0.25) is 0 Å². The first-order valence-corrected chi connectivity index (χ1v) is 8.65. The smallest absolute Gasteiger partial charge is 0.358 e. The van der Waals surface area contributed by atoms with Gasteiger partial charge in [-0.1, -0.05) is 12.8 Å². The van der Waals surface area contributed by atoms with E-state index in [1.165, 1.54) is 39.3 Å². The summed E-state index contributed by atoms with van der Waals surface area (Å²) in [4.78, 5) is 14.0. The van der Waals surface area contributed by atoms with E-state index in [1.54, 1.807) is 12.1 Å². The summed E-state index contributed by atoms with van der Waals surface area (Å²) in [5.41, 5.74) is 0.240. The molecular formula is C17H26N4O2. The minimum absolute atomic E-state index is 0.240. The number of hydrogen-bond donors (Lipinski definition) is 1. The Morgan fingerprint density at radius 2 is 1.96 bits per heavy atom. The van der Waals surface area contributed by atoms with Crippen LogP contribution in [0.25, 0.3) is 0 Å². The molecule has 0 aromatic carbocycles. The molecule has 126 valence electrons. The fourth-order valence-electron chi connectivity index (χ4n) is 3.65. The second-order valence-corrected chi connectivity index (χ2v) is 6.67. The number of aromatic nitrogens is 2. The molecule has 0 atom stereocenters. The van der Waals surface area contributed by atoms with Gasteiger partial charge in [0.2, 0.25) is 0 Å². The average molecular weight is 318 g/mol. The van der Waals surface area contributed by atoms with Gasteiger partial charge in [-0.2, -0.15) is 0 Å². The van der Waals surface area contributed by atoms with Crippen LogP contribution in [-0.4, -0.2) is 53.9 Å². The first-order chi connectivity index (χ1) is 11.2. The molecule has 2 fully saturated rings. The predicted molar refractivity (Wildman–Crippen MR) is 88.4 cm³/mol. The van der Waals surface area contributed by atoms with Crippen LogP contribution in [0.15, 0.2) is 12.1 Å². The van der Waals surface area contributed by atoms with Gasteiger partial charge in [-0.3, -0.25) is 0 Å². The molecule has 1 aliphatic carbocycles. The molecule has 2 heterocycles. The molecule has 1 aromatic rings. The highest BCUT2D eigenvalue weighted by Gasteiger charge is 2.23. The Kier molecular flexibility index (Phi) is 5.43. The van der Waals surface area contributed by atoms with E-state index >= 15 is 0 Å². The molecule has 0 amide bonds. The van der Waals surface area contributed by atoms with Crippen LogP contribution < -0.4 is 5.32 Å². The molecule has 0 spiro atoms. The van der Waals surface area contributed by atoms with Gasteiger partial charge in [0.15, 0.2) is 5.69 Å². The molecule has 23 heavy (non-hydrogen) atoms. The van der Waals surface area contributed by atoms with E-state index in [-0.39, 0.29) is 5.69 Å². The van der Waals surface area contributed by atoms with Crippen LogP contribution >= 0.6 is 0 Å². The fraction of sp³-hybridized carbons (Fsp3) is 0.706. The molecule has 0 unspecified atom stereocenters. The second-order valence-electron chi connectivity index (χ2n) is 6.67. The topological polar surface area (TPSA) is 67.3 Å². The predicted octanol–water partition coefficient (Wildman–Crippen LogP) is 2.33. The van der Waals surface area contributed by atoms with E-state index in [2.05, 4.69) is 25.2 Å². The van der Waals surface area contributed by atoms with Crippen LogP contribution in [0.3, 0.4) is 0 Å². The molecule has 1 aliphatic heterocycles. The van der Waals surface area contributed by atoms with Crippen molar-refractivity contribution in [3.05, 3.63) is 17.8 Å². The van der Waals surface area contributed by atoms with Crippen molar-refractivity contribution in [3.8, 4) is 0 Å². The van der Waals surface area contributed by atoms with E-state index in [4.69, 9.17) is 0 Å². The molecule has 0 radical (unpaired) electrons. The van der Waals surface area contributed by atoms with Crippen LogP contribution in [0.4, 0.5) is 5.82 Å². The van der Waals surface area contributed by atoms with Crippen molar-refractivity contribution >= 4 is 11.8 Å². The van der Waals surface area contributed by atoms with E-state index in [0.717, 1.165) is 37.7 Å². The van der Waals surface area contributed by atoms with Crippen LogP contribution in [0.5, 0.6) is 0 Å². The molecule has 6 nitrogen and oxygen atoms in total. The van der Waals surface area contributed by atoms with Crippen molar-refractivity contribution in [2.24, 2.45) is 5.92 Å². The highest BCUT2D eigenvalue weighted by atomic mass is 16.5. The number of nitrogens with one attached hydrogen (secondary N) is 1. The SMILES string of the molecule is COC(=O)c1ccc(NC2CCN(CC3CCCC3)CC2)nn1. The lowest BCUT2D eigenvalue weighted by molar-refractivity contribution is 0.0593. The Morgan fingerprint density at radius 3 is 2.57 bits per heavy atom. The summed E-state index contributed by atoms with van der Waals surface area (Å²) in [6, 6.07) is 3.88. The minimum atomic E-state index is -0.454. The summed E-state index contributed by atoms with van der Waals surface area (Å²) in [5.74, 6) is 1.20. The van der Waals surface area contributed by atoms with Crippen molar-refractivity contribution in [2.75, 3.05) is 32.1 Å². The van der Waals surface area contributed by atoms with Crippen LogP contribution in [-0.2, 0) is 4.74 Å². The number of anilines is 1. The normalized spacial score (nSPS) is 20.6. The van der Waals surface area contributed by atoms with Crippen molar-refractivity contribution in [1.82, 2.24) is 15.1 Å². The summed E-state index contributed by atoms with van der Waals surface area (Å²) in [6.45, 7) is 3.59. The summed E-state index contributed by atoms with van der Waals surface area (Å²) in [5, 5.41) is 11.4. The molecule has 6 heteroatoms. The zero-order valence-electron chi connectivity index (χ0n) is 13.8. The highest BCUT2D eigenvalue weighted by Crippen LogP contribution is 2.26. The third-order valence-corrected chi connectivity index (χ3v) is 4.99. The van der Waals surface area contributed by atoms with Gasteiger partial charge in [-0.05, 0) is 43.7 Å². The number of carbonyl (C=O) groups is 1. The first kappa shape index (κ1) is 16.2. The zero-order valence-corrected chi connectivity index (χ0v) is 13.8. The third-order valence-electron chi connectivity index (χ3n) is 4.99. The maximum absolute atomic E-state index is 11.3. The Labute approximate surface area is 137 Å². The Bertz CT molecular complexity index is 506. The lowest BCUT2D eigenvalue weighted by Gasteiger charge is -2.34. The third kappa shape index (κ3) is 4.41. The number of likely N-dealkylation sites (tertiary alicyclic amines) is 1. The molecular weight excluding hydrogens is 292 g/mol. The van der Waals surface area contributed by atoms with Gasteiger partial charge < -0.3 is 15.0 Å². The van der Waals surface area contributed by atoms with Crippen molar-refractivity contribution < 1.29 is 9.53 Å². The van der Waals surface area contributed by atoms with E-state index in [0.29, 0.717) is 6.04 Å². The molecule has 3 rings (SSSR count). The molecule has 0 bridgehead atoms. The molecule has 1 aromatic heterocycles. The van der Waals surface area contributed by atoms with E-state index in [9.17, 15) is 4.79 Å². The number of rotatable bonds is 5. The molecule has 1 saturated carbocycles. The molecule has 2 aliphatic rings. The lowest BCUT2D eigenvalue weighted by Crippen LogP contribution is -2.41. The van der Waals surface area contributed by atoms with Crippen LogP contribution in [0.1, 0.15) is 49.0 Å². The number of piperidine rings is 1. The van der Waals surface area contributed by atoms with Crippen molar-refractivity contribution in [2.45, 2.75) is 44.6 Å². The standard InChI is InChI=1S/C17H26N4O2/c1-23-17(22)15-6-7-16(20-19-15)18-14-8-10-21(11-9-14)12-13-4-2-3-5-13/h6-7,13-14H,2-5,8-12H2,1H3,(H,18,20). The zero-order chi connectivity index (χ0) is 16.1. The Balaban J connectivity index is 1.44. The minimum Gasteiger partial charge on any atom is -0.464 e. The lowest BCUT2D eigenvalue weighted by atomic mass is 10.0. The van der Waals surface area contributed by atoms with Gasteiger partial charge in [0, 0.05) is 25.7 Å². The Morgan fingerprint density at radius 1 is 1.22 bits per heavy atom. The number of carbonyl (C=O) groups excluding carboxylic acids is 1. The summed E-state index contributed by atoms with van der Waals surface area (Å²) in [7, 11) is 1.34. The summed E-state index contributed by atoms with van der Waals surface area (Å²) < 4.78 is 4.63. The van der Waals surface area contributed by atoms with E-state index < -0.39 is 5.97 Å². The largest absolute Gasteiger partial charge is 0.464 e. The van der Waals surface area contributed by atoms with Gasteiger partial charge in [0.25, 0.3) is 0 Å². The highest BCUT2D eigenvalue weighted by molar-refractivity contribution is 5.86. The summed E-state index contributed by atoms with van der Waals surface area (Å²) in [6.07, 6.45) is 7.94. The summed E-state index contributed by atoms with van der Waals surface area (Å²) >= 11 is 0. The average Bonchev–Trinajstić information content (AvgIpc) is 3.10. The number of esters is 1. The quantitative estimate of drug-likeness (QED) is 0.841. The number of methoxy groups -OCH3 is 1. The number of hydrogen-bond acceptors (Lipinski definition) is 6. The van der Waals surface area contributed by atoms with Gasteiger partial charge in [-0.15, -0.1) is 10.2 Å². The second kappa shape index (κ2) is 7.73. The molecule has 1 N–H and O–H groups in total. The first-order valence-electron chi connectivity index (χ1n) is 8.65. The van der Waals surface area contributed by atoms with E-state index in [1.807, 2.05) is 0 Å². The maximum atomic E-state index is 11.3. The van der Waals surface area contributed by atoms with Gasteiger partial charge in [-0.25, -0.2) is 4.79 Å². The van der Waals surface area contributed by atoms with Crippen molar-refractivity contribution in [3.63, 3.8) is 0 Å². The van der Waals surface area contributed by atoms with Gasteiger partial charge in [0.05, 0.1) is 7.11 Å². The monoisotopic (exact) mass is 318 g/mol. The Hall–Kier alpha value is -1.69.